The minimum atomic E-state index is -0.249. The summed E-state index contributed by atoms with van der Waals surface area (Å²) in [5.74, 6) is -0.434. The third-order valence-electron chi connectivity index (χ3n) is 3.69. The van der Waals surface area contributed by atoms with Gasteiger partial charge >= 0.3 is 0 Å². The van der Waals surface area contributed by atoms with Crippen LogP contribution in [0.25, 0.3) is 0 Å². The highest BCUT2D eigenvalue weighted by Gasteiger charge is 2.18. The van der Waals surface area contributed by atoms with Crippen LogP contribution in [-0.2, 0) is 4.74 Å². The lowest BCUT2D eigenvalue weighted by Crippen LogP contribution is -2.31. The first-order valence-corrected chi connectivity index (χ1v) is 8.26. The normalized spacial score (nSPS) is 10.3. The van der Waals surface area contributed by atoms with Crippen molar-refractivity contribution in [3.63, 3.8) is 0 Å². The van der Waals surface area contributed by atoms with Crippen LogP contribution < -0.4 is 10.2 Å². The van der Waals surface area contributed by atoms with Crippen molar-refractivity contribution in [1.29, 1.82) is 0 Å². The van der Waals surface area contributed by atoms with Crippen LogP contribution >= 0.6 is 0 Å². The van der Waals surface area contributed by atoms with E-state index in [1.807, 2.05) is 37.3 Å². The average Bonchev–Trinajstić information content (AvgIpc) is 2.66. The van der Waals surface area contributed by atoms with Crippen LogP contribution in [0.3, 0.4) is 0 Å². The van der Waals surface area contributed by atoms with Gasteiger partial charge in [0.2, 0.25) is 0 Å². The molecule has 2 amide bonds. The van der Waals surface area contributed by atoms with Crippen molar-refractivity contribution in [2.45, 2.75) is 13.3 Å². The highest BCUT2D eigenvalue weighted by atomic mass is 16.5. The van der Waals surface area contributed by atoms with E-state index in [0.29, 0.717) is 30.8 Å². The molecule has 1 aromatic heterocycles. The molecule has 2 aromatic rings. The van der Waals surface area contributed by atoms with Crippen LogP contribution in [0.4, 0.5) is 5.69 Å². The predicted octanol–water partition coefficient (Wildman–Crippen LogP) is 2.51. The minimum absolute atomic E-state index is 0.185. The predicted molar refractivity (Wildman–Crippen MR) is 96.9 cm³/mol. The molecule has 0 atom stereocenters. The molecule has 2 rings (SSSR count). The van der Waals surface area contributed by atoms with Crippen molar-refractivity contribution in [3.8, 4) is 0 Å². The summed E-state index contributed by atoms with van der Waals surface area (Å²) in [5, 5.41) is 2.79. The molecule has 0 fully saturated rings. The molecular weight excluding hydrogens is 318 g/mol. The second-order valence-corrected chi connectivity index (χ2v) is 5.45. The number of nitrogens with one attached hydrogen (secondary N) is 1. The third kappa shape index (κ3) is 5.12. The van der Waals surface area contributed by atoms with Gasteiger partial charge < -0.3 is 15.0 Å². The van der Waals surface area contributed by atoms with E-state index in [-0.39, 0.29) is 11.8 Å². The number of amides is 2. The van der Waals surface area contributed by atoms with E-state index in [1.54, 1.807) is 18.1 Å². The number of methoxy groups -OCH3 is 1. The molecule has 0 radical (unpaired) electrons. The molecule has 0 aliphatic heterocycles. The zero-order chi connectivity index (χ0) is 18.1. The second kappa shape index (κ2) is 9.54. The smallest absolute Gasteiger partial charge is 0.259 e. The number of carbonyl (C=O) groups excluding carboxylic acids is 2. The maximum absolute atomic E-state index is 12.8. The average molecular weight is 341 g/mol. The SMILES string of the molecule is CCN(C(=O)c1cncc(C(=O)NCCCOC)c1)c1ccccc1. The zero-order valence-electron chi connectivity index (χ0n) is 14.6. The van der Waals surface area contributed by atoms with Gasteiger partial charge in [0.15, 0.2) is 0 Å². The van der Waals surface area contributed by atoms with Gasteiger partial charge in [-0.25, -0.2) is 0 Å². The molecular formula is C19H23N3O3. The highest BCUT2D eigenvalue weighted by Crippen LogP contribution is 2.16. The zero-order valence-corrected chi connectivity index (χ0v) is 14.6. The van der Waals surface area contributed by atoms with Crippen molar-refractivity contribution in [3.05, 3.63) is 59.9 Å². The summed E-state index contributed by atoms with van der Waals surface area (Å²) < 4.78 is 4.95. The lowest BCUT2D eigenvalue weighted by atomic mass is 10.1. The van der Waals surface area contributed by atoms with Gasteiger partial charge in [-0.2, -0.15) is 0 Å². The van der Waals surface area contributed by atoms with E-state index in [9.17, 15) is 9.59 Å². The summed E-state index contributed by atoms with van der Waals surface area (Å²) in [6.07, 6.45) is 3.67. The van der Waals surface area contributed by atoms with Gasteiger partial charge in [0.25, 0.3) is 11.8 Å². The van der Waals surface area contributed by atoms with Crippen LogP contribution in [0, 0.1) is 0 Å². The molecule has 0 spiro atoms. The van der Waals surface area contributed by atoms with Crippen molar-refractivity contribution >= 4 is 17.5 Å². The molecule has 1 N–H and O–H groups in total. The van der Waals surface area contributed by atoms with Crippen LogP contribution in [-0.4, -0.2) is 43.6 Å². The molecule has 0 saturated heterocycles. The largest absolute Gasteiger partial charge is 0.385 e. The fourth-order valence-corrected chi connectivity index (χ4v) is 2.41. The van der Waals surface area contributed by atoms with Gasteiger partial charge in [-0.05, 0) is 31.5 Å². The molecule has 0 aliphatic carbocycles. The third-order valence-corrected chi connectivity index (χ3v) is 3.69. The quantitative estimate of drug-likeness (QED) is 0.749. The number of anilines is 1. The molecule has 1 aromatic carbocycles. The van der Waals surface area contributed by atoms with Gasteiger partial charge in [-0.3, -0.25) is 14.6 Å². The Morgan fingerprint density at radius 2 is 1.88 bits per heavy atom. The fourth-order valence-electron chi connectivity index (χ4n) is 2.41. The van der Waals surface area contributed by atoms with Gasteiger partial charge in [0.1, 0.15) is 0 Å². The lowest BCUT2D eigenvalue weighted by molar-refractivity contribution is 0.0948. The van der Waals surface area contributed by atoms with Crippen LogP contribution in [0.2, 0.25) is 0 Å². The molecule has 25 heavy (non-hydrogen) atoms. The summed E-state index contributed by atoms with van der Waals surface area (Å²) in [6.45, 7) is 3.52. The molecule has 6 heteroatoms. The second-order valence-electron chi connectivity index (χ2n) is 5.45. The Kier molecular flexibility index (Phi) is 7.10. The number of benzene rings is 1. The number of ether oxygens (including phenoxy) is 1. The number of pyridine rings is 1. The first kappa shape index (κ1) is 18.6. The van der Waals surface area contributed by atoms with E-state index in [1.165, 1.54) is 12.4 Å². The van der Waals surface area contributed by atoms with E-state index >= 15 is 0 Å². The molecule has 0 saturated carbocycles. The lowest BCUT2D eigenvalue weighted by Gasteiger charge is -2.21. The van der Waals surface area contributed by atoms with Crippen molar-refractivity contribution < 1.29 is 14.3 Å². The number of para-hydroxylation sites is 1. The fraction of sp³-hybridized carbons (Fsp3) is 0.316. The first-order valence-electron chi connectivity index (χ1n) is 8.26. The minimum Gasteiger partial charge on any atom is -0.385 e. The highest BCUT2D eigenvalue weighted by molar-refractivity contribution is 6.07. The Hall–Kier alpha value is -2.73. The first-order chi connectivity index (χ1) is 12.2. The molecule has 132 valence electrons. The van der Waals surface area contributed by atoms with Gasteiger partial charge in [0, 0.05) is 44.9 Å². The number of hydrogen-bond donors (Lipinski definition) is 1. The Balaban J connectivity index is 2.11. The molecule has 0 aliphatic rings. The summed E-state index contributed by atoms with van der Waals surface area (Å²) in [6, 6.07) is 11.0. The van der Waals surface area contributed by atoms with E-state index in [2.05, 4.69) is 10.3 Å². The van der Waals surface area contributed by atoms with E-state index in [0.717, 1.165) is 12.1 Å². The van der Waals surface area contributed by atoms with Crippen molar-refractivity contribution in [2.24, 2.45) is 0 Å². The number of nitrogens with zero attached hydrogens (tertiary/aromatic N) is 2. The van der Waals surface area contributed by atoms with Gasteiger partial charge in [0.05, 0.1) is 11.1 Å². The maximum Gasteiger partial charge on any atom is 0.259 e. The van der Waals surface area contributed by atoms with Crippen LogP contribution in [0.15, 0.2) is 48.8 Å². The monoisotopic (exact) mass is 341 g/mol. The van der Waals surface area contributed by atoms with Crippen LogP contribution in [0.1, 0.15) is 34.1 Å². The van der Waals surface area contributed by atoms with Gasteiger partial charge in [-0.1, -0.05) is 18.2 Å². The summed E-state index contributed by atoms with van der Waals surface area (Å²) >= 11 is 0. The molecule has 0 bridgehead atoms. The Labute approximate surface area is 147 Å². The topological polar surface area (TPSA) is 71.5 Å². The summed E-state index contributed by atoms with van der Waals surface area (Å²) in [5.41, 5.74) is 1.56. The molecule has 1 heterocycles. The number of hydrogen-bond acceptors (Lipinski definition) is 4. The van der Waals surface area contributed by atoms with E-state index in [4.69, 9.17) is 4.74 Å². The van der Waals surface area contributed by atoms with Crippen molar-refractivity contribution in [1.82, 2.24) is 10.3 Å². The van der Waals surface area contributed by atoms with E-state index < -0.39 is 0 Å². The maximum atomic E-state index is 12.8. The molecule has 6 nitrogen and oxygen atoms in total. The van der Waals surface area contributed by atoms with Gasteiger partial charge in [-0.15, -0.1) is 0 Å². The summed E-state index contributed by atoms with van der Waals surface area (Å²) in [4.78, 5) is 30.7. The number of rotatable bonds is 8. The Bertz CT molecular complexity index is 704. The standard InChI is InChI=1S/C19H23N3O3/c1-3-22(17-8-5-4-6-9-17)19(24)16-12-15(13-20-14-16)18(23)21-10-7-11-25-2/h4-6,8-9,12-14H,3,7,10-11H2,1-2H3,(H,21,23). The number of aromatic nitrogens is 1. The Morgan fingerprint density at radius 1 is 1.16 bits per heavy atom. The molecule has 0 unspecified atom stereocenters. The van der Waals surface area contributed by atoms with Crippen LogP contribution in [0.5, 0.6) is 0 Å². The summed E-state index contributed by atoms with van der Waals surface area (Å²) in [7, 11) is 1.62. The van der Waals surface area contributed by atoms with Crippen molar-refractivity contribution in [2.75, 3.05) is 31.7 Å². The number of carbonyl (C=O) groups is 2. The Morgan fingerprint density at radius 3 is 2.56 bits per heavy atom.